The third-order valence-corrected chi connectivity index (χ3v) is 6.81. The molecule has 20 heavy (non-hydrogen) atoms. The molecule has 1 aliphatic rings. The summed E-state index contributed by atoms with van der Waals surface area (Å²) in [5, 5.41) is 0. The zero-order valence-corrected chi connectivity index (χ0v) is 14.6. The summed E-state index contributed by atoms with van der Waals surface area (Å²) in [5.74, 6) is 0. The normalized spacial score (nSPS) is 25.9. The molecular formula is C14H30O5Si. The average Bonchev–Trinajstić information content (AvgIpc) is 3.19. The summed E-state index contributed by atoms with van der Waals surface area (Å²) in [4.78, 5) is 0. The van der Waals surface area contributed by atoms with Crippen molar-refractivity contribution in [2.75, 3.05) is 27.9 Å². The lowest BCUT2D eigenvalue weighted by Crippen LogP contribution is -2.59. The van der Waals surface area contributed by atoms with E-state index in [4.69, 9.17) is 22.8 Å². The van der Waals surface area contributed by atoms with Crippen LogP contribution in [0, 0.1) is 0 Å². The van der Waals surface area contributed by atoms with Gasteiger partial charge < -0.3 is 22.8 Å². The lowest BCUT2D eigenvalue weighted by atomic mass is 10.1. The second-order valence-electron chi connectivity index (χ2n) is 5.14. The number of hydrogen-bond acceptors (Lipinski definition) is 5. The van der Waals surface area contributed by atoms with Gasteiger partial charge in [0.1, 0.15) is 6.10 Å². The van der Waals surface area contributed by atoms with E-state index in [0.717, 1.165) is 19.3 Å². The molecule has 6 heteroatoms. The third-order valence-electron chi connectivity index (χ3n) is 3.76. The average molecular weight is 306 g/mol. The Balaban J connectivity index is 2.65. The second-order valence-corrected chi connectivity index (χ2v) is 8.17. The molecule has 0 bridgehead atoms. The van der Waals surface area contributed by atoms with Gasteiger partial charge in [0.2, 0.25) is 0 Å². The lowest BCUT2D eigenvalue weighted by Gasteiger charge is -2.30. The van der Waals surface area contributed by atoms with Crippen LogP contribution in [-0.2, 0) is 22.8 Å². The van der Waals surface area contributed by atoms with Crippen LogP contribution in [0.5, 0.6) is 0 Å². The summed E-state index contributed by atoms with van der Waals surface area (Å²) >= 11 is 0. The van der Waals surface area contributed by atoms with Crippen LogP contribution in [0.2, 0.25) is 0 Å². The zero-order valence-electron chi connectivity index (χ0n) is 13.6. The van der Waals surface area contributed by atoms with Crippen molar-refractivity contribution < 1.29 is 22.8 Å². The van der Waals surface area contributed by atoms with Gasteiger partial charge in [-0.25, -0.2) is 0 Å². The first-order valence-corrected chi connectivity index (χ1v) is 9.36. The second kappa shape index (κ2) is 8.46. The van der Waals surface area contributed by atoms with Gasteiger partial charge in [0.15, 0.2) is 0 Å². The van der Waals surface area contributed by atoms with Crippen molar-refractivity contribution in [3.8, 4) is 0 Å². The summed E-state index contributed by atoms with van der Waals surface area (Å²) < 4.78 is 28.5. The van der Waals surface area contributed by atoms with Gasteiger partial charge in [-0.1, -0.05) is 39.5 Å². The Hall–Kier alpha value is 0.0169. The first-order chi connectivity index (χ1) is 9.66. The highest BCUT2D eigenvalue weighted by molar-refractivity contribution is 6.64. The monoisotopic (exact) mass is 306 g/mol. The first-order valence-electron chi connectivity index (χ1n) is 7.63. The molecule has 0 aromatic carbocycles. The van der Waals surface area contributed by atoms with Gasteiger partial charge in [-0.15, -0.1) is 0 Å². The summed E-state index contributed by atoms with van der Waals surface area (Å²) in [6.07, 6.45) is 6.77. The molecule has 1 heterocycles. The number of rotatable bonds is 12. The number of ether oxygens (including phenoxy) is 2. The van der Waals surface area contributed by atoms with E-state index in [2.05, 4.69) is 13.8 Å². The molecule has 1 rings (SSSR count). The number of unbranched alkanes of at least 4 members (excludes halogenated alkanes) is 3. The molecule has 0 radical (unpaired) electrons. The van der Waals surface area contributed by atoms with Crippen LogP contribution in [0.25, 0.3) is 0 Å². The number of epoxide rings is 1. The first kappa shape index (κ1) is 18.1. The van der Waals surface area contributed by atoms with E-state index in [1.54, 1.807) is 21.3 Å². The minimum Gasteiger partial charge on any atom is -0.374 e. The Morgan fingerprint density at radius 1 is 0.950 bits per heavy atom. The zero-order chi connectivity index (χ0) is 15.1. The third kappa shape index (κ3) is 3.61. The van der Waals surface area contributed by atoms with Gasteiger partial charge in [-0.05, 0) is 12.8 Å². The Morgan fingerprint density at radius 2 is 1.60 bits per heavy atom. The Kier molecular flexibility index (Phi) is 7.64. The van der Waals surface area contributed by atoms with Crippen LogP contribution in [0.3, 0.4) is 0 Å². The van der Waals surface area contributed by atoms with E-state index in [-0.39, 0.29) is 6.10 Å². The maximum Gasteiger partial charge on any atom is 0.565 e. The Bertz CT molecular complexity index is 264. The van der Waals surface area contributed by atoms with Gasteiger partial charge in [-0.2, -0.15) is 0 Å². The predicted molar refractivity (Wildman–Crippen MR) is 79.4 cm³/mol. The van der Waals surface area contributed by atoms with Gasteiger partial charge in [0, 0.05) is 27.9 Å². The summed E-state index contributed by atoms with van der Waals surface area (Å²) in [5.41, 5.74) is -0.798. The van der Waals surface area contributed by atoms with Crippen LogP contribution in [0.15, 0.2) is 0 Å². The molecule has 1 fully saturated rings. The van der Waals surface area contributed by atoms with Crippen LogP contribution < -0.4 is 0 Å². The molecule has 2 atom stereocenters. The highest BCUT2D eigenvalue weighted by Crippen LogP contribution is 2.48. The van der Waals surface area contributed by atoms with Crippen molar-refractivity contribution in [3.05, 3.63) is 0 Å². The molecule has 0 aromatic rings. The highest BCUT2D eigenvalue weighted by atomic mass is 28.4. The molecule has 2 unspecified atom stereocenters. The predicted octanol–water partition coefficient (Wildman–Crippen LogP) is 2.90. The lowest BCUT2D eigenvalue weighted by molar-refractivity contribution is -0.0555. The van der Waals surface area contributed by atoms with Crippen molar-refractivity contribution in [1.82, 2.24) is 0 Å². The molecular weight excluding hydrogens is 276 g/mol. The topological polar surface area (TPSA) is 49.5 Å². The molecule has 120 valence electrons. The quantitative estimate of drug-likeness (QED) is 0.315. The summed E-state index contributed by atoms with van der Waals surface area (Å²) in [6, 6.07) is 0. The van der Waals surface area contributed by atoms with Crippen molar-refractivity contribution in [3.63, 3.8) is 0 Å². The molecule has 0 spiro atoms. The molecule has 0 aliphatic carbocycles. The standard InChI is InChI=1S/C14H30O5Si/c1-6-8-9-10-11-13-14(19-13,18-12-7-2)20(15-3,16-4)17-5/h13H,6-12H2,1-5H3. The summed E-state index contributed by atoms with van der Waals surface area (Å²) in [7, 11) is 1.86. The van der Waals surface area contributed by atoms with E-state index < -0.39 is 14.2 Å². The fourth-order valence-corrected chi connectivity index (χ4v) is 5.06. The smallest absolute Gasteiger partial charge is 0.374 e. The van der Waals surface area contributed by atoms with E-state index in [1.807, 2.05) is 0 Å². The van der Waals surface area contributed by atoms with Crippen LogP contribution in [0.4, 0.5) is 0 Å². The van der Waals surface area contributed by atoms with E-state index in [9.17, 15) is 0 Å². The molecule has 1 saturated heterocycles. The maximum atomic E-state index is 5.96. The van der Waals surface area contributed by atoms with Crippen molar-refractivity contribution in [2.45, 2.75) is 63.9 Å². The van der Waals surface area contributed by atoms with E-state index in [1.165, 1.54) is 19.3 Å². The Labute approximate surface area is 124 Å². The molecule has 0 amide bonds. The van der Waals surface area contributed by atoms with Crippen molar-refractivity contribution >= 4 is 8.80 Å². The van der Waals surface area contributed by atoms with Crippen molar-refractivity contribution in [1.29, 1.82) is 0 Å². The summed E-state index contributed by atoms with van der Waals surface area (Å²) in [6.45, 7) is 4.90. The van der Waals surface area contributed by atoms with Gasteiger partial charge >= 0.3 is 8.80 Å². The fourth-order valence-electron chi connectivity index (χ4n) is 2.60. The van der Waals surface area contributed by atoms with Crippen LogP contribution in [0.1, 0.15) is 52.4 Å². The molecule has 0 N–H and O–H groups in total. The SMILES string of the molecule is CCCCCCC1OC1(OCCC)[Si](OC)(OC)OC. The van der Waals surface area contributed by atoms with E-state index in [0.29, 0.717) is 6.61 Å². The minimum atomic E-state index is -2.95. The van der Waals surface area contributed by atoms with Gasteiger partial charge in [-0.3, -0.25) is 0 Å². The van der Waals surface area contributed by atoms with Crippen LogP contribution in [-0.4, -0.2) is 48.3 Å². The van der Waals surface area contributed by atoms with Crippen LogP contribution >= 0.6 is 0 Å². The van der Waals surface area contributed by atoms with Gasteiger partial charge in [0.25, 0.3) is 5.41 Å². The molecule has 5 nitrogen and oxygen atoms in total. The molecule has 0 aromatic heterocycles. The number of hydrogen-bond donors (Lipinski definition) is 0. The molecule has 1 aliphatic heterocycles. The minimum absolute atomic E-state index is 0.0254. The fraction of sp³-hybridized carbons (Fsp3) is 1.00. The highest BCUT2D eigenvalue weighted by Gasteiger charge is 2.77. The Morgan fingerprint density at radius 3 is 2.10 bits per heavy atom. The molecule has 0 saturated carbocycles. The van der Waals surface area contributed by atoms with Gasteiger partial charge in [0.05, 0.1) is 0 Å². The van der Waals surface area contributed by atoms with E-state index >= 15 is 0 Å². The largest absolute Gasteiger partial charge is 0.565 e. The van der Waals surface area contributed by atoms with Crippen molar-refractivity contribution in [2.24, 2.45) is 0 Å². The maximum absolute atomic E-state index is 5.96.